The number of likely N-dealkylation sites (N-methyl/N-ethyl adjacent to an activating group) is 1. The number of nitrogens with one attached hydrogen (secondary N) is 1. The van der Waals surface area contributed by atoms with Gasteiger partial charge in [-0.15, -0.1) is 0 Å². The maximum absolute atomic E-state index is 3.32. The largest absolute Gasteiger partial charge is 0.315 e. The van der Waals surface area contributed by atoms with E-state index in [1.54, 1.807) is 0 Å². The first kappa shape index (κ1) is 9.65. The Kier molecular flexibility index (Phi) is 7.25. The lowest BCUT2D eigenvalue weighted by Gasteiger charge is -2.08. The third-order valence-corrected chi connectivity index (χ3v) is 1.55. The van der Waals surface area contributed by atoms with Crippen LogP contribution in [0.2, 0.25) is 0 Å². The zero-order valence-electron chi connectivity index (χ0n) is 6.15. The lowest BCUT2D eigenvalue weighted by Crippen LogP contribution is -2.27. The van der Waals surface area contributed by atoms with Crippen molar-refractivity contribution in [2.24, 2.45) is 0 Å². The summed E-state index contributed by atoms with van der Waals surface area (Å²) in [5.41, 5.74) is 0. The minimum Gasteiger partial charge on any atom is -0.315 e. The van der Waals surface area contributed by atoms with Gasteiger partial charge in [0.2, 0.25) is 0 Å². The van der Waals surface area contributed by atoms with E-state index in [0.717, 1.165) is 19.6 Å². The normalized spacial score (nSPS) is 10.7. The van der Waals surface area contributed by atoms with Crippen molar-refractivity contribution in [3.8, 4) is 0 Å². The smallest absolute Gasteiger partial charge is 0.0121 e. The van der Waals surface area contributed by atoms with Crippen LogP contribution < -0.4 is 5.32 Å². The van der Waals surface area contributed by atoms with E-state index in [-0.39, 0.29) is 0 Å². The van der Waals surface area contributed by atoms with Gasteiger partial charge in [0.05, 0.1) is 0 Å². The second-order valence-electron chi connectivity index (χ2n) is 2.24. The van der Waals surface area contributed by atoms with Crippen LogP contribution in [-0.4, -0.2) is 43.1 Å². The summed E-state index contributed by atoms with van der Waals surface area (Å²) in [4.78, 5) is 2.18. The van der Waals surface area contributed by atoms with Crippen LogP contribution in [0, 0.1) is 0 Å². The van der Waals surface area contributed by atoms with Gasteiger partial charge in [0.15, 0.2) is 0 Å². The van der Waals surface area contributed by atoms with Crippen LogP contribution in [0.5, 0.6) is 0 Å². The number of rotatable bonds is 5. The predicted molar refractivity (Wildman–Crippen MR) is 50.3 cm³/mol. The topological polar surface area (TPSA) is 15.3 Å². The summed E-state index contributed by atoms with van der Waals surface area (Å²) < 4.78 is 1.20. The Morgan fingerprint density at radius 3 is 2.44 bits per heavy atom. The highest BCUT2D eigenvalue weighted by atomic mass is 127. The molecule has 9 heavy (non-hydrogen) atoms. The monoisotopic (exact) mass is 242 g/mol. The molecule has 0 heterocycles. The Morgan fingerprint density at radius 2 is 2.00 bits per heavy atom. The van der Waals surface area contributed by atoms with Crippen LogP contribution in [0.25, 0.3) is 0 Å². The van der Waals surface area contributed by atoms with Gasteiger partial charge in [-0.25, -0.2) is 0 Å². The molecule has 0 saturated carbocycles. The molecule has 0 rings (SSSR count). The van der Waals surface area contributed by atoms with Gasteiger partial charge >= 0.3 is 0 Å². The first-order valence-electron chi connectivity index (χ1n) is 3.19. The highest BCUT2D eigenvalue weighted by Crippen LogP contribution is 1.76. The molecule has 0 unspecified atom stereocenters. The maximum Gasteiger partial charge on any atom is 0.0121 e. The standard InChI is InChI=1S/C6H15IN2/c1-9(2)6-5-8-4-3-7/h8H,3-6H2,1-2H3. The lowest BCUT2D eigenvalue weighted by molar-refractivity contribution is 0.403. The molecule has 0 aliphatic heterocycles. The summed E-state index contributed by atoms with van der Waals surface area (Å²) in [5.74, 6) is 0. The lowest BCUT2D eigenvalue weighted by atomic mass is 10.5. The fourth-order valence-electron chi connectivity index (χ4n) is 0.494. The highest BCUT2D eigenvalue weighted by molar-refractivity contribution is 14.1. The van der Waals surface area contributed by atoms with Crippen LogP contribution in [0.15, 0.2) is 0 Å². The van der Waals surface area contributed by atoms with Gasteiger partial charge in [0.1, 0.15) is 0 Å². The van der Waals surface area contributed by atoms with E-state index in [1.807, 2.05) is 0 Å². The Hall–Kier alpha value is 0.650. The summed E-state index contributed by atoms with van der Waals surface area (Å²) in [5, 5.41) is 3.32. The second kappa shape index (κ2) is 6.77. The van der Waals surface area contributed by atoms with Crippen molar-refractivity contribution < 1.29 is 0 Å². The summed E-state index contributed by atoms with van der Waals surface area (Å²) >= 11 is 2.37. The average Bonchev–Trinajstić information content (AvgIpc) is 1.80. The number of hydrogen-bond acceptors (Lipinski definition) is 2. The first-order chi connectivity index (χ1) is 4.27. The number of alkyl halides is 1. The molecule has 1 N–H and O–H groups in total. The van der Waals surface area contributed by atoms with Gasteiger partial charge in [-0.3, -0.25) is 0 Å². The van der Waals surface area contributed by atoms with Crippen LogP contribution in [0.1, 0.15) is 0 Å². The van der Waals surface area contributed by atoms with Gasteiger partial charge < -0.3 is 10.2 Å². The van der Waals surface area contributed by atoms with E-state index in [9.17, 15) is 0 Å². The van der Waals surface area contributed by atoms with Gasteiger partial charge in [0, 0.05) is 24.1 Å². The molecular weight excluding hydrogens is 227 g/mol. The summed E-state index contributed by atoms with van der Waals surface area (Å²) in [6, 6.07) is 0. The van der Waals surface area contributed by atoms with E-state index in [0.29, 0.717) is 0 Å². The highest BCUT2D eigenvalue weighted by Gasteiger charge is 1.86. The third kappa shape index (κ3) is 8.65. The molecule has 0 radical (unpaired) electrons. The SMILES string of the molecule is CN(C)CCNCCI. The summed E-state index contributed by atoms with van der Waals surface area (Å²) in [6.07, 6.45) is 0. The minimum absolute atomic E-state index is 1.11. The number of hydrogen-bond donors (Lipinski definition) is 1. The van der Waals surface area contributed by atoms with E-state index >= 15 is 0 Å². The Morgan fingerprint density at radius 1 is 1.33 bits per heavy atom. The van der Waals surface area contributed by atoms with Gasteiger partial charge in [-0.2, -0.15) is 0 Å². The van der Waals surface area contributed by atoms with Crippen molar-refractivity contribution >= 4 is 22.6 Å². The van der Waals surface area contributed by atoms with Gasteiger partial charge in [0.25, 0.3) is 0 Å². The van der Waals surface area contributed by atoms with Crippen LogP contribution >= 0.6 is 22.6 Å². The molecule has 2 nitrogen and oxygen atoms in total. The second-order valence-corrected chi connectivity index (χ2v) is 3.32. The molecule has 0 aromatic heterocycles. The van der Waals surface area contributed by atoms with Crippen LogP contribution in [0.3, 0.4) is 0 Å². The molecule has 0 aliphatic carbocycles. The van der Waals surface area contributed by atoms with Crippen molar-refractivity contribution in [2.75, 3.05) is 38.2 Å². The molecule has 0 amide bonds. The maximum atomic E-state index is 3.32. The van der Waals surface area contributed by atoms with Crippen LogP contribution in [-0.2, 0) is 0 Å². The van der Waals surface area contributed by atoms with Gasteiger partial charge in [-0.05, 0) is 14.1 Å². The molecule has 0 spiro atoms. The average molecular weight is 242 g/mol. The van der Waals surface area contributed by atoms with Crippen LogP contribution in [0.4, 0.5) is 0 Å². The van der Waals surface area contributed by atoms with Gasteiger partial charge in [-0.1, -0.05) is 22.6 Å². The fourth-order valence-corrected chi connectivity index (χ4v) is 0.876. The quantitative estimate of drug-likeness (QED) is 0.431. The number of halogens is 1. The Balaban J connectivity index is 2.75. The molecule has 0 fully saturated rings. The van der Waals surface area contributed by atoms with E-state index in [1.165, 1.54) is 4.43 Å². The van der Waals surface area contributed by atoms with E-state index in [2.05, 4.69) is 46.9 Å². The molecule has 56 valence electrons. The molecule has 0 aromatic carbocycles. The molecule has 0 bridgehead atoms. The summed E-state index contributed by atoms with van der Waals surface area (Å²) in [7, 11) is 4.18. The molecule has 0 saturated heterocycles. The zero-order valence-corrected chi connectivity index (χ0v) is 8.31. The molecule has 3 heteroatoms. The van der Waals surface area contributed by atoms with Crippen molar-refractivity contribution in [1.29, 1.82) is 0 Å². The number of nitrogens with zero attached hydrogens (tertiary/aromatic N) is 1. The Labute approximate surface area is 71.1 Å². The molecule has 0 aliphatic rings. The molecular formula is C6H15IN2. The third-order valence-electron chi connectivity index (χ3n) is 1.01. The zero-order chi connectivity index (χ0) is 7.11. The molecule has 0 aromatic rings. The van der Waals surface area contributed by atoms with Crippen molar-refractivity contribution in [3.63, 3.8) is 0 Å². The van der Waals surface area contributed by atoms with E-state index < -0.39 is 0 Å². The van der Waals surface area contributed by atoms with E-state index in [4.69, 9.17) is 0 Å². The van der Waals surface area contributed by atoms with Crippen molar-refractivity contribution in [3.05, 3.63) is 0 Å². The first-order valence-corrected chi connectivity index (χ1v) is 4.71. The summed E-state index contributed by atoms with van der Waals surface area (Å²) in [6.45, 7) is 3.38. The Bertz CT molecular complexity index is 57.0. The van der Waals surface area contributed by atoms with Crippen molar-refractivity contribution in [1.82, 2.24) is 10.2 Å². The minimum atomic E-state index is 1.11. The van der Waals surface area contributed by atoms with Crippen molar-refractivity contribution in [2.45, 2.75) is 0 Å². The predicted octanol–water partition coefficient (Wildman–Crippen LogP) is 0.573. The fraction of sp³-hybridized carbons (Fsp3) is 1.00. The molecule has 0 atom stereocenters.